The highest BCUT2D eigenvalue weighted by molar-refractivity contribution is 6.17. The first-order chi connectivity index (χ1) is 9.40. The van der Waals surface area contributed by atoms with Crippen LogP contribution in [0.3, 0.4) is 0 Å². The lowest BCUT2D eigenvalue weighted by Crippen LogP contribution is -2.36. The van der Waals surface area contributed by atoms with Gasteiger partial charge in [0.1, 0.15) is 11.4 Å². The minimum atomic E-state index is -4.26. The van der Waals surface area contributed by atoms with Crippen molar-refractivity contribution in [1.82, 2.24) is 9.55 Å². The van der Waals surface area contributed by atoms with Gasteiger partial charge in [-0.2, -0.15) is 13.2 Å². The predicted molar refractivity (Wildman–Crippen MR) is 72.2 cm³/mol. The first-order valence-electron chi connectivity index (χ1n) is 6.51. The van der Waals surface area contributed by atoms with Crippen LogP contribution < -0.4 is 0 Å². The number of hydrogen-bond donors (Lipinski definition) is 0. The zero-order chi connectivity index (χ0) is 14.5. The molecular weight excluding hydrogens is 289 g/mol. The largest absolute Gasteiger partial charge is 0.412 e. The summed E-state index contributed by atoms with van der Waals surface area (Å²) in [5.41, 5.74) is 0.301. The molecule has 0 aliphatic heterocycles. The van der Waals surface area contributed by atoms with E-state index in [4.69, 9.17) is 11.6 Å². The van der Waals surface area contributed by atoms with Crippen molar-refractivity contribution in [1.29, 1.82) is 0 Å². The van der Waals surface area contributed by atoms with Gasteiger partial charge < -0.3 is 4.57 Å². The summed E-state index contributed by atoms with van der Waals surface area (Å²) in [6, 6.07) is 5.34. The van der Waals surface area contributed by atoms with Crippen LogP contribution in [0.25, 0.3) is 11.0 Å². The number of aromatic nitrogens is 2. The van der Waals surface area contributed by atoms with Gasteiger partial charge in [-0.05, 0) is 31.4 Å². The second-order valence-electron chi connectivity index (χ2n) is 5.27. The molecule has 0 bridgehead atoms. The number of para-hydroxylation sites is 1. The lowest BCUT2D eigenvalue weighted by molar-refractivity contribution is -0.179. The molecule has 1 fully saturated rings. The number of hydrogen-bond acceptors (Lipinski definition) is 1. The third-order valence-corrected chi connectivity index (χ3v) is 4.14. The molecule has 1 aliphatic carbocycles. The van der Waals surface area contributed by atoms with E-state index in [0.717, 1.165) is 5.56 Å². The molecule has 1 aliphatic rings. The molecular formula is C14H14ClF3N2. The lowest BCUT2D eigenvalue weighted by atomic mass is 10.2. The highest BCUT2D eigenvalue weighted by Gasteiger charge is 2.65. The number of imidazole rings is 1. The van der Waals surface area contributed by atoms with Crippen molar-refractivity contribution in [3.63, 3.8) is 0 Å². The van der Waals surface area contributed by atoms with Gasteiger partial charge in [0.25, 0.3) is 0 Å². The SMILES string of the molecule is Cc1cccc2c1nc(CCCl)n2C1(C(F)(F)F)CC1. The fourth-order valence-electron chi connectivity index (χ4n) is 2.77. The fourth-order valence-corrected chi connectivity index (χ4v) is 2.94. The van der Waals surface area contributed by atoms with E-state index in [2.05, 4.69) is 4.98 Å². The predicted octanol–water partition coefficient (Wildman–Crippen LogP) is 4.18. The molecule has 0 unspecified atom stereocenters. The summed E-state index contributed by atoms with van der Waals surface area (Å²) >= 11 is 5.73. The van der Waals surface area contributed by atoms with Gasteiger partial charge >= 0.3 is 6.18 Å². The monoisotopic (exact) mass is 302 g/mol. The number of benzene rings is 1. The lowest BCUT2D eigenvalue weighted by Gasteiger charge is -2.23. The van der Waals surface area contributed by atoms with E-state index < -0.39 is 11.7 Å². The van der Waals surface area contributed by atoms with Crippen LogP contribution in [0.2, 0.25) is 0 Å². The first kappa shape index (κ1) is 13.7. The summed E-state index contributed by atoms with van der Waals surface area (Å²) in [5, 5.41) is 0. The van der Waals surface area contributed by atoms with Gasteiger partial charge in [0.15, 0.2) is 0 Å². The van der Waals surface area contributed by atoms with Crippen molar-refractivity contribution < 1.29 is 13.2 Å². The van der Waals surface area contributed by atoms with Gasteiger partial charge in [-0.25, -0.2) is 4.98 Å². The Morgan fingerprint density at radius 2 is 2.05 bits per heavy atom. The van der Waals surface area contributed by atoms with Crippen LogP contribution in [0.15, 0.2) is 18.2 Å². The molecule has 3 rings (SSSR count). The number of rotatable bonds is 3. The molecule has 0 saturated heterocycles. The van der Waals surface area contributed by atoms with Gasteiger partial charge in [-0.1, -0.05) is 12.1 Å². The second kappa shape index (κ2) is 4.38. The van der Waals surface area contributed by atoms with Crippen molar-refractivity contribution in [2.45, 2.75) is 37.9 Å². The number of aryl methyl sites for hydroxylation is 2. The third-order valence-electron chi connectivity index (χ3n) is 3.95. The molecule has 2 aromatic rings. The normalized spacial score (nSPS) is 17.6. The average Bonchev–Trinajstić information content (AvgIpc) is 3.08. The average molecular weight is 303 g/mol. The van der Waals surface area contributed by atoms with Crippen molar-refractivity contribution in [2.24, 2.45) is 0 Å². The molecule has 1 saturated carbocycles. The summed E-state index contributed by atoms with van der Waals surface area (Å²) in [6.07, 6.45) is -3.69. The van der Waals surface area contributed by atoms with Crippen molar-refractivity contribution in [3.05, 3.63) is 29.6 Å². The van der Waals surface area contributed by atoms with E-state index in [1.54, 1.807) is 12.1 Å². The Morgan fingerprint density at radius 3 is 2.60 bits per heavy atom. The summed E-state index contributed by atoms with van der Waals surface area (Å²) in [4.78, 5) is 4.40. The molecule has 0 amide bonds. The van der Waals surface area contributed by atoms with Crippen LogP contribution in [0, 0.1) is 6.92 Å². The zero-order valence-electron chi connectivity index (χ0n) is 11.0. The van der Waals surface area contributed by atoms with Gasteiger partial charge in [-0.3, -0.25) is 0 Å². The van der Waals surface area contributed by atoms with Gasteiger partial charge in [0, 0.05) is 12.3 Å². The van der Waals surface area contributed by atoms with Crippen LogP contribution in [0.1, 0.15) is 24.2 Å². The van der Waals surface area contributed by atoms with Crippen molar-refractivity contribution in [3.8, 4) is 0 Å². The summed E-state index contributed by atoms with van der Waals surface area (Å²) in [5.74, 6) is 0.690. The zero-order valence-corrected chi connectivity index (χ0v) is 11.7. The molecule has 6 heteroatoms. The quantitative estimate of drug-likeness (QED) is 0.778. The molecule has 0 spiro atoms. The number of nitrogens with zero attached hydrogens (tertiary/aromatic N) is 2. The highest BCUT2D eigenvalue weighted by Crippen LogP contribution is 2.57. The molecule has 0 N–H and O–H groups in total. The third kappa shape index (κ3) is 1.83. The van der Waals surface area contributed by atoms with E-state index in [-0.39, 0.29) is 18.7 Å². The molecule has 1 aromatic heterocycles. The van der Waals surface area contributed by atoms with Gasteiger partial charge in [0.05, 0.1) is 11.0 Å². The van der Waals surface area contributed by atoms with Crippen LogP contribution in [0.4, 0.5) is 13.2 Å². The maximum atomic E-state index is 13.4. The molecule has 0 radical (unpaired) electrons. The first-order valence-corrected chi connectivity index (χ1v) is 7.04. The van der Waals surface area contributed by atoms with Crippen molar-refractivity contribution in [2.75, 3.05) is 5.88 Å². The highest BCUT2D eigenvalue weighted by atomic mass is 35.5. The summed E-state index contributed by atoms with van der Waals surface area (Å²) < 4.78 is 41.7. The molecule has 0 atom stereocenters. The van der Waals surface area contributed by atoms with Gasteiger partial charge in [0.2, 0.25) is 0 Å². The molecule has 20 heavy (non-hydrogen) atoms. The van der Waals surface area contributed by atoms with Crippen LogP contribution >= 0.6 is 11.6 Å². The van der Waals surface area contributed by atoms with Crippen LogP contribution in [0.5, 0.6) is 0 Å². The summed E-state index contributed by atoms with van der Waals surface area (Å²) in [6.45, 7) is 1.86. The van der Waals surface area contributed by atoms with Crippen LogP contribution in [-0.2, 0) is 12.0 Å². The minimum Gasteiger partial charge on any atom is -0.312 e. The summed E-state index contributed by atoms with van der Waals surface area (Å²) in [7, 11) is 0. The molecule has 2 nitrogen and oxygen atoms in total. The van der Waals surface area contributed by atoms with E-state index in [0.29, 0.717) is 23.3 Å². The van der Waals surface area contributed by atoms with E-state index in [9.17, 15) is 13.2 Å². The van der Waals surface area contributed by atoms with Gasteiger partial charge in [-0.15, -0.1) is 11.6 Å². The number of alkyl halides is 4. The van der Waals surface area contributed by atoms with E-state index in [1.165, 1.54) is 4.57 Å². The Kier molecular flexibility index (Phi) is 3.01. The van der Waals surface area contributed by atoms with Crippen molar-refractivity contribution >= 4 is 22.6 Å². The minimum absolute atomic E-state index is 0.116. The Labute approximate surface area is 119 Å². The maximum Gasteiger partial charge on any atom is 0.412 e. The second-order valence-corrected chi connectivity index (χ2v) is 5.65. The number of fused-ring (bicyclic) bond motifs is 1. The number of halogens is 4. The van der Waals surface area contributed by atoms with Crippen LogP contribution in [-0.4, -0.2) is 21.6 Å². The van der Waals surface area contributed by atoms with E-state index in [1.807, 2.05) is 13.0 Å². The molecule has 108 valence electrons. The Bertz CT molecular complexity index is 656. The Balaban J connectivity index is 2.28. The van der Waals surface area contributed by atoms with E-state index >= 15 is 0 Å². The smallest absolute Gasteiger partial charge is 0.312 e. The molecule has 1 aromatic carbocycles. The Hall–Kier alpha value is -1.23. The maximum absolute atomic E-state index is 13.4. The fraction of sp³-hybridized carbons (Fsp3) is 0.500. The topological polar surface area (TPSA) is 17.8 Å². The standard InChI is InChI=1S/C14H14ClF3N2/c1-9-3-2-4-10-12(9)19-11(5-8-15)20(10)13(6-7-13)14(16,17)18/h2-4H,5-8H2,1H3. The Morgan fingerprint density at radius 1 is 1.35 bits per heavy atom. The molecule has 1 heterocycles.